The minimum Gasteiger partial charge on any atom is -0.451 e. The number of amides is 3. The second-order valence-corrected chi connectivity index (χ2v) is 11.3. The number of aromatic nitrogens is 1. The number of halogens is 2. The van der Waals surface area contributed by atoms with Crippen molar-refractivity contribution in [3.63, 3.8) is 0 Å². The molecule has 2 aliphatic rings. The van der Waals surface area contributed by atoms with Crippen molar-refractivity contribution in [2.45, 2.75) is 64.8 Å². The Morgan fingerprint density at radius 2 is 1.71 bits per heavy atom. The molecule has 3 heterocycles. The second-order valence-electron chi connectivity index (χ2n) is 11.3. The first-order valence-electron chi connectivity index (χ1n) is 14.1. The van der Waals surface area contributed by atoms with Gasteiger partial charge in [0.05, 0.1) is 17.3 Å². The van der Waals surface area contributed by atoms with Gasteiger partial charge < -0.3 is 15.4 Å². The fourth-order valence-electron chi connectivity index (χ4n) is 4.89. The molecule has 10 nitrogen and oxygen atoms in total. The Balaban J connectivity index is 1.75. The van der Waals surface area contributed by atoms with Crippen LogP contribution in [-0.2, 0) is 23.9 Å². The van der Waals surface area contributed by atoms with Crippen LogP contribution in [0.5, 0.6) is 0 Å². The summed E-state index contributed by atoms with van der Waals surface area (Å²) in [6.07, 6.45) is 2.15. The molecule has 1 aromatic heterocycles. The zero-order valence-corrected chi connectivity index (χ0v) is 24.2. The third-order valence-electron chi connectivity index (χ3n) is 7.61. The summed E-state index contributed by atoms with van der Waals surface area (Å²) in [4.78, 5) is 57.3. The van der Waals surface area contributed by atoms with Crippen LogP contribution in [0.25, 0.3) is 17.0 Å². The minimum atomic E-state index is -2.27. The summed E-state index contributed by atoms with van der Waals surface area (Å²) >= 11 is 0. The predicted octanol–water partition coefficient (Wildman–Crippen LogP) is 2.93. The summed E-state index contributed by atoms with van der Waals surface area (Å²) in [6, 6.07) is 6.67. The first kappa shape index (κ1) is 31.0. The minimum absolute atomic E-state index is 0.304. The lowest BCUT2D eigenvalue weighted by molar-refractivity contribution is -0.168. The summed E-state index contributed by atoms with van der Waals surface area (Å²) in [5.74, 6) is -3.38. The highest BCUT2D eigenvalue weighted by atomic mass is 19.1. The van der Waals surface area contributed by atoms with Gasteiger partial charge in [-0.3, -0.25) is 29.2 Å². The van der Waals surface area contributed by atoms with Crippen LogP contribution >= 0.6 is 0 Å². The van der Waals surface area contributed by atoms with E-state index in [0.29, 0.717) is 36.2 Å². The maximum absolute atomic E-state index is 14.3. The Morgan fingerprint density at radius 3 is 2.40 bits per heavy atom. The normalized spacial score (nSPS) is 25.7. The van der Waals surface area contributed by atoms with Crippen LogP contribution in [-0.4, -0.2) is 71.8 Å². The fraction of sp³-hybridized carbons (Fsp3) is 0.500. The van der Waals surface area contributed by atoms with E-state index in [1.54, 1.807) is 45.0 Å². The fourth-order valence-corrected chi connectivity index (χ4v) is 4.89. The molecule has 4 rings (SSSR count). The third kappa shape index (κ3) is 6.59. The Kier molecular flexibility index (Phi) is 9.55. The number of carbonyl (C=O) groups is 4. The number of esters is 1. The lowest BCUT2D eigenvalue weighted by Crippen LogP contribution is -2.61. The summed E-state index contributed by atoms with van der Waals surface area (Å²) < 4.78 is 34.0. The van der Waals surface area contributed by atoms with E-state index in [-0.39, 0.29) is 5.91 Å². The number of nitrogens with one attached hydrogen (secondary N) is 3. The molecule has 1 fully saturated rings. The van der Waals surface area contributed by atoms with Gasteiger partial charge in [-0.05, 0) is 50.3 Å². The molecule has 0 aliphatic carbocycles. The number of hydrazine groups is 1. The first-order valence-corrected chi connectivity index (χ1v) is 14.1. The number of hydrogen-bond acceptors (Lipinski definition) is 7. The van der Waals surface area contributed by atoms with Crippen LogP contribution in [0.3, 0.4) is 0 Å². The molecule has 42 heavy (non-hydrogen) atoms. The Morgan fingerprint density at radius 1 is 1.02 bits per heavy atom. The van der Waals surface area contributed by atoms with E-state index in [2.05, 4.69) is 21.0 Å². The summed E-state index contributed by atoms with van der Waals surface area (Å²) in [7, 11) is 0. The van der Waals surface area contributed by atoms with Gasteiger partial charge in [0.15, 0.2) is 6.10 Å². The summed E-state index contributed by atoms with van der Waals surface area (Å²) in [5, 5.41) is 7.58. The van der Waals surface area contributed by atoms with Gasteiger partial charge in [0.2, 0.25) is 5.91 Å². The number of alkyl halides is 2. The van der Waals surface area contributed by atoms with Gasteiger partial charge in [0.25, 0.3) is 11.8 Å². The van der Waals surface area contributed by atoms with Gasteiger partial charge in [-0.15, -0.1) is 0 Å². The molecule has 1 saturated heterocycles. The molecule has 226 valence electrons. The van der Waals surface area contributed by atoms with Gasteiger partial charge in [-0.2, -0.15) is 0 Å². The number of nitrogens with zero attached hydrogens (tertiary/aromatic N) is 2. The average Bonchev–Trinajstić information content (AvgIpc) is 2.99. The molecule has 1 aromatic carbocycles. The van der Waals surface area contributed by atoms with E-state index in [1.165, 1.54) is 18.0 Å². The van der Waals surface area contributed by atoms with Gasteiger partial charge in [0, 0.05) is 11.9 Å². The summed E-state index contributed by atoms with van der Waals surface area (Å²) in [5.41, 5.74) is 2.38. The molecule has 0 saturated carbocycles. The molecule has 12 heteroatoms. The number of rotatable bonds is 3. The van der Waals surface area contributed by atoms with E-state index in [9.17, 15) is 28.0 Å². The van der Waals surface area contributed by atoms with Crippen LogP contribution in [0.2, 0.25) is 0 Å². The van der Waals surface area contributed by atoms with E-state index >= 15 is 0 Å². The van der Waals surface area contributed by atoms with E-state index in [4.69, 9.17) is 4.74 Å². The second kappa shape index (κ2) is 12.9. The molecular formula is C30H37F2N5O5. The smallest absolute Gasteiger partial charge is 0.322 e. The van der Waals surface area contributed by atoms with Gasteiger partial charge in [0.1, 0.15) is 30.8 Å². The molecular weight excluding hydrogens is 548 g/mol. The highest BCUT2D eigenvalue weighted by Gasteiger charge is 2.42. The topological polar surface area (TPSA) is 130 Å². The average molecular weight is 586 g/mol. The zero-order chi connectivity index (χ0) is 30.6. The number of pyridine rings is 1. The molecule has 0 radical (unpaired) electrons. The van der Waals surface area contributed by atoms with Crippen LogP contribution in [0.4, 0.5) is 8.78 Å². The number of benzene rings is 1. The van der Waals surface area contributed by atoms with Crippen LogP contribution in [0.15, 0.2) is 36.4 Å². The van der Waals surface area contributed by atoms with E-state index in [0.717, 1.165) is 11.5 Å². The van der Waals surface area contributed by atoms with Crippen molar-refractivity contribution in [1.82, 2.24) is 26.1 Å². The third-order valence-corrected chi connectivity index (χ3v) is 7.61. The molecule has 3 N–H and O–H groups in total. The van der Waals surface area contributed by atoms with Crippen molar-refractivity contribution in [3.05, 3.63) is 47.7 Å². The monoisotopic (exact) mass is 585 g/mol. The van der Waals surface area contributed by atoms with Gasteiger partial charge in [-0.25, -0.2) is 14.2 Å². The van der Waals surface area contributed by atoms with E-state index in [1.807, 2.05) is 6.07 Å². The lowest BCUT2D eigenvalue weighted by Gasteiger charge is -2.35. The highest BCUT2D eigenvalue weighted by molar-refractivity contribution is 5.92. The molecule has 3 amide bonds. The molecule has 2 aliphatic heterocycles. The van der Waals surface area contributed by atoms with Crippen molar-refractivity contribution in [3.8, 4) is 0 Å². The summed E-state index contributed by atoms with van der Waals surface area (Å²) in [6.45, 7) is 4.01. The van der Waals surface area contributed by atoms with Gasteiger partial charge in [-0.1, -0.05) is 44.2 Å². The van der Waals surface area contributed by atoms with Gasteiger partial charge >= 0.3 is 5.97 Å². The number of cyclic esters (lactones) is 1. The number of fused-ring (bicyclic) bond motifs is 4. The molecule has 4 atom stereocenters. The standard InChI is InChI=1S/C30H37F2N5O5/c1-17(2)25-27(39)34-19(4)28(40)37-13-5-6-23(36-37)26(38)33-18(3)22-10-9-21-8-7-20(14-24(21)35-22)11-12-30(15-31,16-32)29(41)42-25/h7-12,14,17-19,23,25,36H,5-6,13,15-16H2,1-4H3,(H,33,38)(H,34,39)/t18-,19+,23+,25+/m1/s1. The molecule has 0 spiro atoms. The molecule has 2 aromatic rings. The van der Waals surface area contributed by atoms with Crippen LogP contribution in [0, 0.1) is 11.3 Å². The SMILES string of the molecule is CC(C)[C@@H]1OC(=O)C(CF)(CF)C=Cc2ccc3ccc(nc3c2)[C@@H](C)NC(=O)[C@@H]2CCCN(N2)C(=O)[C@H](C)NC1=O. The molecule has 0 unspecified atom stereocenters. The van der Waals surface area contributed by atoms with Crippen molar-refractivity contribution >= 4 is 40.7 Å². The zero-order valence-electron chi connectivity index (χ0n) is 24.2. The van der Waals surface area contributed by atoms with Crippen molar-refractivity contribution in [2.75, 3.05) is 19.9 Å². The Labute approximate surface area is 243 Å². The number of ether oxygens (including phenoxy) is 1. The van der Waals surface area contributed by atoms with Crippen LogP contribution in [0.1, 0.15) is 57.8 Å². The number of carbonyl (C=O) groups excluding carboxylic acids is 4. The predicted molar refractivity (Wildman–Crippen MR) is 152 cm³/mol. The highest BCUT2D eigenvalue weighted by Crippen LogP contribution is 2.28. The molecule has 5 bridgehead atoms. The number of hydrogen-bond donors (Lipinski definition) is 3. The first-order chi connectivity index (χ1) is 20.0. The van der Waals surface area contributed by atoms with Crippen molar-refractivity contribution in [2.24, 2.45) is 11.3 Å². The van der Waals surface area contributed by atoms with Crippen LogP contribution < -0.4 is 16.1 Å². The largest absolute Gasteiger partial charge is 0.451 e. The Bertz CT molecular complexity index is 1380. The lowest BCUT2D eigenvalue weighted by atomic mass is 9.89. The quantitative estimate of drug-likeness (QED) is 0.473. The maximum atomic E-state index is 14.3. The van der Waals surface area contributed by atoms with Crippen molar-refractivity contribution in [1.29, 1.82) is 0 Å². The van der Waals surface area contributed by atoms with Crippen molar-refractivity contribution < 1.29 is 32.7 Å². The maximum Gasteiger partial charge on any atom is 0.322 e. The Hall–Kier alpha value is -3.93. The van der Waals surface area contributed by atoms with E-state index < -0.39 is 66.7 Å².